The number of ether oxygens (including phenoxy) is 2. The molecule has 0 saturated carbocycles. The van der Waals surface area contributed by atoms with Crippen molar-refractivity contribution < 1.29 is 14.3 Å². The van der Waals surface area contributed by atoms with Gasteiger partial charge in [0.15, 0.2) is 11.5 Å². The summed E-state index contributed by atoms with van der Waals surface area (Å²) < 4.78 is 13.0. The Labute approximate surface area is 215 Å². The molecule has 0 spiro atoms. The summed E-state index contributed by atoms with van der Waals surface area (Å²) in [6, 6.07) is 11.9. The highest BCUT2D eigenvalue weighted by molar-refractivity contribution is 7.13. The number of methoxy groups -OCH3 is 2. The maximum atomic E-state index is 12.9. The van der Waals surface area contributed by atoms with Gasteiger partial charge in [-0.05, 0) is 56.2 Å². The van der Waals surface area contributed by atoms with E-state index in [9.17, 15) is 4.79 Å². The Kier molecular flexibility index (Phi) is 7.85. The van der Waals surface area contributed by atoms with E-state index in [0.717, 1.165) is 45.3 Å². The first kappa shape index (κ1) is 25.2. The number of pyridine rings is 1. The number of nitrogens with zero attached hydrogens (tertiary/aromatic N) is 3. The quantitative estimate of drug-likeness (QED) is 0.291. The zero-order valence-electron chi connectivity index (χ0n) is 21.0. The minimum Gasteiger partial charge on any atom is -0.493 e. The second kappa shape index (κ2) is 11.2. The normalized spacial score (nSPS) is 10.8. The van der Waals surface area contributed by atoms with Crippen LogP contribution in [0, 0.1) is 13.8 Å². The van der Waals surface area contributed by atoms with Gasteiger partial charge in [0.05, 0.1) is 31.2 Å². The van der Waals surface area contributed by atoms with E-state index in [4.69, 9.17) is 14.5 Å². The van der Waals surface area contributed by atoms with Gasteiger partial charge in [0.2, 0.25) is 0 Å². The molecule has 0 unspecified atom stereocenters. The average Bonchev–Trinajstić information content (AvgIpc) is 3.51. The van der Waals surface area contributed by atoms with Crippen molar-refractivity contribution in [2.45, 2.75) is 26.8 Å². The molecule has 186 valence electrons. The van der Waals surface area contributed by atoms with E-state index in [-0.39, 0.29) is 5.91 Å². The van der Waals surface area contributed by atoms with Crippen molar-refractivity contribution in [3.63, 3.8) is 0 Å². The van der Waals surface area contributed by atoms with Gasteiger partial charge in [0.25, 0.3) is 5.91 Å². The SMILES string of the molecule is C=CCNC(=O)c1cc(-c2csc(-c3ccc(C)nc3)n2)n(CCc2ccc(OC)c(OC)c2)c1C. The number of benzene rings is 1. The van der Waals surface area contributed by atoms with E-state index >= 15 is 0 Å². The molecule has 1 N–H and O–H groups in total. The lowest BCUT2D eigenvalue weighted by Gasteiger charge is -2.13. The van der Waals surface area contributed by atoms with Gasteiger partial charge in [0, 0.05) is 41.6 Å². The van der Waals surface area contributed by atoms with Crippen LogP contribution in [0.15, 0.2) is 60.6 Å². The molecule has 0 aliphatic rings. The first-order chi connectivity index (χ1) is 17.4. The smallest absolute Gasteiger partial charge is 0.253 e. The molecule has 36 heavy (non-hydrogen) atoms. The molecule has 0 bridgehead atoms. The lowest BCUT2D eigenvalue weighted by Crippen LogP contribution is -2.23. The van der Waals surface area contributed by atoms with Crippen LogP contribution in [0.4, 0.5) is 0 Å². The minimum absolute atomic E-state index is 0.128. The Morgan fingerprint density at radius 3 is 2.64 bits per heavy atom. The Hall–Kier alpha value is -3.91. The Bertz CT molecular complexity index is 1370. The van der Waals surface area contributed by atoms with Crippen molar-refractivity contribution >= 4 is 17.2 Å². The average molecular weight is 503 g/mol. The maximum absolute atomic E-state index is 12.9. The van der Waals surface area contributed by atoms with Gasteiger partial charge in [-0.15, -0.1) is 17.9 Å². The van der Waals surface area contributed by atoms with Gasteiger partial charge in [-0.1, -0.05) is 12.1 Å². The zero-order chi connectivity index (χ0) is 25.7. The van der Waals surface area contributed by atoms with Crippen molar-refractivity contribution in [2.75, 3.05) is 20.8 Å². The van der Waals surface area contributed by atoms with Gasteiger partial charge in [0.1, 0.15) is 5.01 Å². The molecule has 3 heterocycles. The highest BCUT2D eigenvalue weighted by Gasteiger charge is 2.20. The molecular formula is C28H30N4O3S. The summed E-state index contributed by atoms with van der Waals surface area (Å²) in [7, 11) is 3.26. The maximum Gasteiger partial charge on any atom is 0.253 e. The summed E-state index contributed by atoms with van der Waals surface area (Å²) in [5.41, 5.74) is 6.29. The summed E-state index contributed by atoms with van der Waals surface area (Å²) in [5.74, 6) is 1.26. The molecule has 4 rings (SSSR count). The van der Waals surface area contributed by atoms with Gasteiger partial charge in [-0.2, -0.15) is 0 Å². The van der Waals surface area contributed by atoms with Crippen LogP contribution in [0.25, 0.3) is 22.0 Å². The topological polar surface area (TPSA) is 78.3 Å². The predicted molar refractivity (Wildman–Crippen MR) is 144 cm³/mol. The number of aryl methyl sites for hydroxylation is 2. The number of carbonyl (C=O) groups is 1. The van der Waals surface area contributed by atoms with Crippen LogP contribution >= 0.6 is 11.3 Å². The van der Waals surface area contributed by atoms with Gasteiger partial charge in [-0.3, -0.25) is 9.78 Å². The number of hydrogen-bond acceptors (Lipinski definition) is 6. The third kappa shape index (κ3) is 5.33. The van der Waals surface area contributed by atoms with Crippen LogP contribution in [-0.4, -0.2) is 41.2 Å². The standard InChI is InChI=1S/C28H30N4O3S/c1-6-12-29-27(33)22-15-24(23-17-36-28(31-23)21-9-7-18(2)30-16-21)32(19(22)3)13-11-20-8-10-25(34-4)26(14-20)35-5/h6-10,14-17H,1,11-13H2,2-5H3,(H,29,33). The fraction of sp³-hybridized carbons (Fsp3) is 0.250. The zero-order valence-corrected chi connectivity index (χ0v) is 21.8. The molecule has 1 aromatic carbocycles. The molecule has 0 radical (unpaired) electrons. The third-order valence-corrected chi connectivity index (χ3v) is 6.91. The molecule has 0 saturated heterocycles. The number of carbonyl (C=O) groups excluding carboxylic acids is 1. The van der Waals surface area contributed by atoms with Crippen LogP contribution in [-0.2, 0) is 13.0 Å². The second-order valence-electron chi connectivity index (χ2n) is 8.34. The van der Waals surface area contributed by atoms with E-state index in [1.807, 2.05) is 61.8 Å². The third-order valence-electron chi connectivity index (χ3n) is 6.02. The number of amides is 1. The fourth-order valence-corrected chi connectivity index (χ4v) is 4.84. The van der Waals surface area contributed by atoms with Crippen LogP contribution in [0.1, 0.15) is 27.3 Å². The highest BCUT2D eigenvalue weighted by atomic mass is 32.1. The van der Waals surface area contributed by atoms with Crippen molar-refractivity contribution in [1.29, 1.82) is 0 Å². The summed E-state index contributed by atoms with van der Waals surface area (Å²) in [4.78, 5) is 22.2. The summed E-state index contributed by atoms with van der Waals surface area (Å²) >= 11 is 1.56. The van der Waals surface area contributed by atoms with Crippen molar-refractivity contribution in [3.8, 4) is 33.5 Å². The van der Waals surface area contributed by atoms with Crippen molar-refractivity contribution in [3.05, 3.63) is 83.1 Å². The number of nitrogens with one attached hydrogen (secondary N) is 1. The van der Waals surface area contributed by atoms with Gasteiger partial charge < -0.3 is 19.4 Å². The van der Waals surface area contributed by atoms with Gasteiger partial charge >= 0.3 is 0 Å². The molecule has 0 atom stereocenters. The second-order valence-corrected chi connectivity index (χ2v) is 9.20. The lowest BCUT2D eigenvalue weighted by atomic mass is 10.1. The molecule has 1 amide bonds. The van der Waals surface area contributed by atoms with Crippen LogP contribution < -0.4 is 14.8 Å². The van der Waals surface area contributed by atoms with Crippen molar-refractivity contribution in [2.24, 2.45) is 0 Å². The highest BCUT2D eigenvalue weighted by Crippen LogP contribution is 2.32. The number of thiazole rings is 1. The largest absolute Gasteiger partial charge is 0.493 e. The first-order valence-electron chi connectivity index (χ1n) is 11.6. The molecule has 0 fully saturated rings. The number of hydrogen-bond donors (Lipinski definition) is 1. The molecule has 0 aliphatic heterocycles. The minimum atomic E-state index is -0.128. The predicted octanol–water partition coefficient (Wildman–Crippen LogP) is 5.47. The summed E-state index contributed by atoms with van der Waals surface area (Å²) in [6.45, 7) is 8.70. The van der Waals surface area contributed by atoms with E-state index in [0.29, 0.717) is 30.2 Å². The first-order valence-corrected chi connectivity index (χ1v) is 12.5. The van der Waals surface area contributed by atoms with E-state index < -0.39 is 0 Å². The monoisotopic (exact) mass is 502 g/mol. The molecule has 3 aromatic heterocycles. The van der Waals surface area contributed by atoms with Crippen LogP contribution in [0.5, 0.6) is 11.5 Å². The molecular weight excluding hydrogens is 472 g/mol. The Morgan fingerprint density at radius 2 is 1.94 bits per heavy atom. The number of aromatic nitrogens is 3. The molecule has 0 aliphatic carbocycles. The Morgan fingerprint density at radius 1 is 1.14 bits per heavy atom. The van der Waals surface area contributed by atoms with Crippen LogP contribution in [0.3, 0.4) is 0 Å². The molecule has 4 aromatic rings. The van der Waals surface area contributed by atoms with Crippen LogP contribution in [0.2, 0.25) is 0 Å². The van der Waals surface area contributed by atoms with E-state index in [2.05, 4.69) is 21.4 Å². The Balaban J connectivity index is 1.68. The lowest BCUT2D eigenvalue weighted by molar-refractivity contribution is 0.0957. The molecule has 8 heteroatoms. The fourth-order valence-electron chi connectivity index (χ4n) is 4.03. The number of rotatable bonds is 10. The van der Waals surface area contributed by atoms with E-state index in [1.54, 1.807) is 31.6 Å². The van der Waals surface area contributed by atoms with E-state index in [1.165, 1.54) is 0 Å². The van der Waals surface area contributed by atoms with Gasteiger partial charge in [-0.25, -0.2) is 4.98 Å². The molecule has 7 nitrogen and oxygen atoms in total. The van der Waals surface area contributed by atoms with Crippen molar-refractivity contribution in [1.82, 2.24) is 19.9 Å². The summed E-state index contributed by atoms with van der Waals surface area (Å²) in [6.07, 6.45) is 4.26. The summed E-state index contributed by atoms with van der Waals surface area (Å²) in [5, 5.41) is 5.81.